The molecule has 0 saturated heterocycles. The smallest absolute Gasteiger partial charge is 0.253 e. The molecule has 0 fully saturated rings. The van der Waals surface area contributed by atoms with Gasteiger partial charge in [-0.15, -0.1) is 0 Å². The fraction of sp³-hybridized carbons (Fsp3) is 0.300. The summed E-state index contributed by atoms with van der Waals surface area (Å²) in [6.45, 7) is 3.88. The Kier molecular flexibility index (Phi) is 7.80. The van der Waals surface area contributed by atoms with Crippen LogP contribution in [0.1, 0.15) is 29.3 Å². The van der Waals surface area contributed by atoms with E-state index in [1.807, 2.05) is 13.8 Å². The first kappa shape index (κ1) is 22.9. The van der Waals surface area contributed by atoms with Crippen LogP contribution in [0.4, 0.5) is 11.4 Å². The van der Waals surface area contributed by atoms with Crippen molar-refractivity contribution in [3.63, 3.8) is 0 Å². The van der Waals surface area contributed by atoms with Crippen molar-refractivity contribution in [2.24, 2.45) is 0 Å². The number of sulfonamides is 1. The molecule has 156 valence electrons. The fourth-order valence-corrected chi connectivity index (χ4v) is 3.72. The normalized spacial score (nSPS) is 11.0. The Morgan fingerprint density at radius 2 is 1.83 bits per heavy atom. The number of nitrogens with one attached hydrogen (secondary N) is 2. The molecule has 0 radical (unpaired) electrons. The van der Waals surface area contributed by atoms with E-state index in [4.69, 9.17) is 0 Å². The maximum absolute atomic E-state index is 12.6. The fourth-order valence-electron chi connectivity index (χ4n) is 2.63. The van der Waals surface area contributed by atoms with Crippen LogP contribution < -0.4 is 14.9 Å². The average Bonchev–Trinajstić information content (AvgIpc) is 2.66. The first-order valence-corrected chi connectivity index (χ1v) is 11.7. The first-order valence-electron chi connectivity index (χ1n) is 9.04. The largest absolute Gasteiger partial charge is 0.352 e. The van der Waals surface area contributed by atoms with Gasteiger partial charge in [0.2, 0.25) is 15.9 Å². The van der Waals surface area contributed by atoms with Gasteiger partial charge in [-0.05, 0) is 49.2 Å². The predicted octanol–water partition coefficient (Wildman–Crippen LogP) is 3.30. The Bertz CT molecular complexity index is 1010. The summed E-state index contributed by atoms with van der Waals surface area (Å²) in [5.41, 5.74) is 1.87. The number of carbonyl (C=O) groups excluding carboxylic acids is 2. The van der Waals surface area contributed by atoms with Gasteiger partial charge in [0.15, 0.2) is 0 Å². The highest BCUT2D eigenvalue weighted by Gasteiger charge is 2.22. The number of para-hydroxylation sites is 1. The maximum atomic E-state index is 12.6. The van der Waals surface area contributed by atoms with E-state index >= 15 is 0 Å². The average molecular weight is 482 g/mol. The van der Waals surface area contributed by atoms with Crippen molar-refractivity contribution in [3.05, 3.63) is 58.1 Å². The van der Waals surface area contributed by atoms with Gasteiger partial charge in [-0.1, -0.05) is 35.0 Å². The summed E-state index contributed by atoms with van der Waals surface area (Å²) < 4.78 is 26.4. The lowest BCUT2D eigenvalue weighted by Gasteiger charge is -2.23. The molecule has 29 heavy (non-hydrogen) atoms. The Hall–Kier alpha value is -2.39. The molecule has 0 aliphatic rings. The van der Waals surface area contributed by atoms with Gasteiger partial charge in [0.1, 0.15) is 6.54 Å². The van der Waals surface area contributed by atoms with Gasteiger partial charge in [-0.2, -0.15) is 0 Å². The number of benzene rings is 2. The maximum Gasteiger partial charge on any atom is 0.253 e. The summed E-state index contributed by atoms with van der Waals surface area (Å²) in [5, 5.41) is 5.41. The van der Waals surface area contributed by atoms with Gasteiger partial charge in [-0.25, -0.2) is 8.42 Å². The van der Waals surface area contributed by atoms with E-state index in [2.05, 4.69) is 26.6 Å². The number of amides is 2. The number of hydrogen-bond donors (Lipinski definition) is 2. The van der Waals surface area contributed by atoms with E-state index in [9.17, 15) is 18.0 Å². The number of rotatable bonds is 8. The lowest BCUT2D eigenvalue weighted by Crippen LogP contribution is -2.37. The number of anilines is 2. The topological polar surface area (TPSA) is 95.6 Å². The molecule has 0 bridgehead atoms. The van der Waals surface area contributed by atoms with Crippen molar-refractivity contribution in [2.75, 3.05) is 29.0 Å². The second-order valence-electron chi connectivity index (χ2n) is 6.55. The van der Waals surface area contributed by atoms with Gasteiger partial charge in [-0.3, -0.25) is 13.9 Å². The monoisotopic (exact) mass is 481 g/mol. The first-order chi connectivity index (χ1) is 13.6. The zero-order chi connectivity index (χ0) is 21.6. The third kappa shape index (κ3) is 6.30. The van der Waals surface area contributed by atoms with E-state index in [1.165, 1.54) is 0 Å². The van der Waals surface area contributed by atoms with Crippen molar-refractivity contribution >= 4 is 49.1 Å². The van der Waals surface area contributed by atoms with Crippen LogP contribution in [0.15, 0.2) is 46.9 Å². The van der Waals surface area contributed by atoms with Crippen LogP contribution in [0.25, 0.3) is 0 Å². The van der Waals surface area contributed by atoms with Gasteiger partial charge in [0.25, 0.3) is 5.91 Å². The molecule has 0 saturated carbocycles. The van der Waals surface area contributed by atoms with Crippen molar-refractivity contribution in [1.82, 2.24) is 5.32 Å². The molecule has 2 aromatic rings. The van der Waals surface area contributed by atoms with Crippen LogP contribution in [0.5, 0.6) is 0 Å². The summed E-state index contributed by atoms with van der Waals surface area (Å²) in [4.78, 5) is 24.9. The lowest BCUT2D eigenvalue weighted by molar-refractivity contribution is -0.114. The molecule has 0 heterocycles. The van der Waals surface area contributed by atoms with Crippen molar-refractivity contribution in [2.45, 2.75) is 20.3 Å². The van der Waals surface area contributed by atoms with Crippen molar-refractivity contribution < 1.29 is 18.0 Å². The summed E-state index contributed by atoms with van der Waals surface area (Å²) in [5.74, 6) is -0.849. The molecular formula is C20H24BrN3O4S. The minimum absolute atomic E-state index is 0.300. The Labute approximate surface area is 179 Å². The van der Waals surface area contributed by atoms with Gasteiger partial charge in [0.05, 0.1) is 23.2 Å². The van der Waals surface area contributed by atoms with Gasteiger partial charge < -0.3 is 10.6 Å². The van der Waals surface area contributed by atoms with Gasteiger partial charge in [0, 0.05) is 11.0 Å². The molecule has 0 aromatic heterocycles. The number of aryl methyl sites for hydroxylation is 1. The predicted molar refractivity (Wildman–Crippen MR) is 119 cm³/mol. The van der Waals surface area contributed by atoms with E-state index in [0.717, 1.165) is 27.0 Å². The van der Waals surface area contributed by atoms with Crippen LogP contribution in [-0.4, -0.2) is 39.6 Å². The highest BCUT2D eigenvalue weighted by atomic mass is 79.9. The summed E-state index contributed by atoms with van der Waals surface area (Å²) >= 11 is 3.38. The molecule has 0 unspecified atom stereocenters. The highest BCUT2D eigenvalue weighted by Crippen LogP contribution is 2.25. The molecule has 2 N–H and O–H groups in total. The molecule has 0 atom stereocenters. The lowest BCUT2D eigenvalue weighted by atomic mass is 10.1. The third-order valence-corrected chi connectivity index (χ3v) is 6.13. The molecule has 2 aromatic carbocycles. The van der Waals surface area contributed by atoms with E-state index in [1.54, 1.807) is 42.5 Å². The third-order valence-electron chi connectivity index (χ3n) is 4.10. The van der Waals surface area contributed by atoms with Crippen molar-refractivity contribution in [3.8, 4) is 0 Å². The van der Waals surface area contributed by atoms with Crippen LogP contribution in [0, 0.1) is 6.92 Å². The van der Waals surface area contributed by atoms with Crippen LogP contribution in [0.3, 0.4) is 0 Å². The summed E-state index contributed by atoms with van der Waals surface area (Å²) in [6, 6.07) is 11.6. The highest BCUT2D eigenvalue weighted by molar-refractivity contribution is 9.10. The summed E-state index contributed by atoms with van der Waals surface area (Å²) in [7, 11) is -3.70. The minimum atomic E-state index is -3.70. The quantitative estimate of drug-likeness (QED) is 0.604. The molecule has 0 spiro atoms. The SMILES string of the molecule is CCCNC(=O)c1ccccc1NC(=O)CN(c1ccc(Br)c(C)c1)S(C)(=O)=O. The van der Waals surface area contributed by atoms with E-state index < -0.39 is 22.5 Å². The zero-order valence-corrected chi connectivity index (χ0v) is 18.9. The van der Waals surface area contributed by atoms with Crippen molar-refractivity contribution in [1.29, 1.82) is 0 Å². The Balaban J connectivity index is 2.24. The van der Waals surface area contributed by atoms with Crippen LogP contribution in [0.2, 0.25) is 0 Å². The molecular weight excluding hydrogens is 458 g/mol. The van der Waals surface area contributed by atoms with Crippen LogP contribution in [-0.2, 0) is 14.8 Å². The van der Waals surface area contributed by atoms with Crippen LogP contribution >= 0.6 is 15.9 Å². The Morgan fingerprint density at radius 3 is 2.45 bits per heavy atom. The minimum Gasteiger partial charge on any atom is -0.352 e. The second-order valence-corrected chi connectivity index (χ2v) is 9.31. The second kappa shape index (κ2) is 9.89. The van der Waals surface area contributed by atoms with Gasteiger partial charge >= 0.3 is 0 Å². The number of carbonyl (C=O) groups is 2. The molecule has 9 heteroatoms. The number of nitrogens with zero attached hydrogens (tertiary/aromatic N) is 1. The standard InChI is InChI=1S/C20H24BrN3O4S/c1-4-11-22-20(26)16-7-5-6-8-18(16)23-19(25)13-24(29(3,27)28)15-9-10-17(21)14(2)12-15/h5-10,12H,4,11,13H2,1-3H3,(H,22,26)(H,23,25). The summed E-state index contributed by atoms with van der Waals surface area (Å²) in [6.07, 6.45) is 1.83. The van der Waals surface area contributed by atoms with E-state index in [0.29, 0.717) is 23.5 Å². The van der Waals surface area contributed by atoms with E-state index in [-0.39, 0.29) is 5.91 Å². The molecule has 2 rings (SSSR count). The molecule has 2 amide bonds. The Morgan fingerprint density at radius 1 is 1.14 bits per heavy atom. The number of hydrogen-bond acceptors (Lipinski definition) is 4. The number of halogens is 1. The molecule has 0 aliphatic heterocycles. The zero-order valence-electron chi connectivity index (χ0n) is 16.5. The molecule has 0 aliphatic carbocycles. The molecule has 7 nitrogen and oxygen atoms in total.